The molecule has 0 spiro atoms. The van der Waals surface area contributed by atoms with Gasteiger partial charge in [0.15, 0.2) is 0 Å². The molecule has 0 saturated carbocycles. The van der Waals surface area contributed by atoms with E-state index in [2.05, 4.69) is 200 Å². The minimum Gasteiger partial charge on any atom is -0.458 e. The number of hydrogen-bond donors (Lipinski definition) is 0. The zero-order chi connectivity index (χ0) is 33.0. The molecule has 0 amide bonds. The molecule has 0 aromatic heterocycles. The summed E-state index contributed by atoms with van der Waals surface area (Å²) in [6.07, 6.45) is 0. The van der Waals surface area contributed by atoms with E-state index in [1.807, 2.05) is 0 Å². The smallest absolute Gasteiger partial charge is 0.251 e. The second-order valence-corrected chi connectivity index (χ2v) is 13.4. The van der Waals surface area contributed by atoms with Crippen molar-refractivity contribution >= 4 is 57.2 Å². The van der Waals surface area contributed by atoms with Gasteiger partial charge in [-0.3, -0.25) is 0 Å². The van der Waals surface area contributed by atoms with Crippen molar-refractivity contribution in [1.29, 1.82) is 0 Å². The summed E-state index contributed by atoms with van der Waals surface area (Å²) < 4.78 is 7.10. The highest BCUT2D eigenvalue weighted by Crippen LogP contribution is 2.45. The molecule has 0 aliphatic carbocycles. The van der Waals surface area contributed by atoms with Crippen LogP contribution in [0.3, 0.4) is 0 Å². The molecule has 2 aliphatic heterocycles. The number of nitrogens with zero attached hydrogens (tertiary/aromatic N) is 2. The second-order valence-electron chi connectivity index (χ2n) is 13.4. The molecular weight excluding hydrogens is 595 g/mol. The largest absolute Gasteiger partial charge is 0.458 e. The van der Waals surface area contributed by atoms with Crippen LogP contribution in [0.5, 0.6) is 11.5 Å². The summed E-state index contributed by atoms with van der Waals surface area (Å²) in [7, 11) is 0. The molecule has 2 aliphatic rings. The summed E-state index contributed by atoms with van der Waals surface area (Å²) in [6, 6.07) is 62.7. The number of rotatable bonds is 6. The maximum atomic E-state index is 7.10. The Morgan fingerprint density at radius 2 is 0.878 bits per heavy atom. The van der Waals surface area contributed by atoms with E-state index in [-0.39, 0.29) is 12.1 Å². The first kappa shape index (κ1) is 29.2. The summed E-state index contributed by atoms with van der Waals surface area (Å²) in [5.41, 5.74) is 12.7. The van der Waals surface area contributed by atoms with E-state index in [0.29, 0.717) is 0 Å². The Hall–Kier alpha value is -6.00. The van der Waals surface area contributed by atoms with Crippen molar-refractivity contribution in [2.45, 2.75) is 19.3 Å². The van der Waals surface area contributed by atoms with Crippen molar-refractivity contribution in [3.63, 3.8) is 0 Å². The fourth-order valence-electron chi connectivity index (χ4n) is 7.89. The summed E-state index contributed by atoms with van der Waals surface area (Å²) in [5.74, 6) is 1.79. The number of anilines is 6. The fourth-order valence-corrected chi connectivity index (χ4v) is 7.89. The van der Waals surface area contributed by atoms with E-state index in [4.69, 9.17) is 4.74 Å². The minimum absolute atomic E-state index is 0.0601. The first-order chi connectivity index (χ1) is 24.1. The molecule has 0 saturated heterocycles. The Labute approximate surface area is 288 Å². The van der Waals surface area contributed by atoms with Gasteiger partial charge in [0.25, 0.3) is 6.71 Å². The molecule has 3 nitrogen and oxygen atoms in total. The highest BCUT2D eigenvalue weighted by molar-refractivity contribution is 6.98. The Bertz CT molecular complexity index is 2210. The lowest BCUT2D eigenvalue weighted by molar-refractivity contribution is 0.485. The summed E-state index contributed by atoms with van der Waals surface area (Å²) >= 11 is 0. The number of ether oxygens (including phenoxy) is 1. The fraction of sp³-hybridized carbons (Fsp3) is 0.0667. The van der Waals surface area contributed by atoms with Gasteiger partial charge in [-0.2, -0.15) is 0 Å². The van der Waals surface area contributed by atoms with Crippen molar-refractivity contribution < 1.29 is 4.74 Å². The highest BCUT2D eigenvalue weighted by Gasteiger charge is 2.45. The van der Waals surface area contributed by atoms with Crippen molar-refractivity contribution in [3.8, 4) is 11.5 Å². The lowest BCUT2D eigenvalue weighted by Gasteiger charge is -2.42. The number of benzene rings is 7. The lowest BCUT2D eigenvalue weighted by Crippen LogP contribution is -2.62. The predicted molar refractivity (Wildman–Crippen MR) is 206 cm³/mol. The van der Waals surface area contributed by atoms with E-state index >= 15 is 0 Å². The number of fused-ring (bicyclic) bond motifs is 4. The van der Waals surface area contributed by atoms with Gasteiger partial charge in [0, 0.05) is 46.0 Å². The average molecular weight is 631 g/mol. The van der Waals surface area contributed by atoms with Gasteiger partial charge >= 0.3 is 0 Å². The molecule has 7 aromatic carbocycles. The Balaban J connectivity index is 1.27. The van der Waals surface area contributed by atoms with Crippen LogP contribution < -0.4 is 30.9 Å². The molecule has 0 bridgehead atoms. The van der Waals surface area contributed by atoms with Crippen LogP contribution in [-0.4, -0.2) is 6.71 Å². The third-order valence-corrected chi connectivity index (χ3v) is 10.1. The molecule has 0 fully saturated rings. The molecule has 234 valence electrons. The molecular formula is C45H35BN2O. The maximum Gasteiger partial charge on any atom is 0.251 e. The van der Waals surface area contributed by atoms with Gasteiger partial charge in [0.2, 0.25) is 0 Å². The second kappa shape index (κ2) is 11.6. The van der Waals surface area contributed by atoms with E-state index in [1.165, 1.54) is 27.5 Å². The normalized spacial score (nSPS) is 13.4. The summed E-state index contributed by atoms with van der Waals surface area (Å²) in [6.45, 7) is 4.77. The van der Waals surface area contributed by atoms with E-state index < -0.39 is 0 Å². The lowest BCUT2D eigenvalue weighted by atomic mass is 9.30. The minimum atomic E-state index is -0.232. The van der Waals surface area contributed by atoms with Crippen LogP contribution in [0.25, 0.3) is 0 Å². The molecule has 49 heavy (non-hydrogen) atoms. The zero-order valence-corrected chi connectivity index (χ0v) is 27.6. The van der Waals surface area contributed by atoms with Gasteiger partial charge in [-0.05, 0) is 82.7 Å². The van der Waals surface area contributed by atoms with Crippen LogP contribution in [0.1, 0.15) is 25.0 Å². The maximum absolute atomic E-state index is 7.10. The molecule has 0 N–H and O–H groups in total. The van der Waals surface area contributed by atoms with Crippen molar-refractivity contribution in [1.82, 2.24) is 0 Å². The Morgan fingerprint density at radius 1 is 0.408 bits per heavy atom. The van der Waals surface area contributed by atoms with Gasteiger partial charge in [-0.25, -0.2) is 0 Å². The van der Waals surface area contributed by atoms with Crippen LogP contribution >= 0.6 is 0 Å². The quantitative estimate of drug-likeness (QED) is 0.170. The molecule has 9 rings (SSSR count). The molecule has 0 radical (unpaired) electrons. The van der Waals surface area contributed by atoms with Crippen LogP contribution in [0, 0.1) is 0 Å². The number of para-hydroxylation sites is 4. The van der Waals surface area contributed by atoms with Gasteiger partial charge in [0.05, 0.1) is 5.69 Å². The van der Waals surface area contributed by atoms with Crippen LogP contribution in [-0.2, 0) is 5.41 Å². The van der Waals surface area contributed by atoms with E-state index in [0.717, 1.165) is 45.6 Å². The Morgan fingerprint density at radius 3 is 1.43 bits per heavy atom. The predicted octanol–water partition coefficient (Wildman–Crippen LogP) is 9.89. The molecule has 0 atom stereocenters. The van der Waals surface area contributed by atoms with Gasteiger partial charge < -0.3 is 14.5 Å². The van der Waals surface area contributed by atoms with E-state index in [1.54, 1.807) is 0 Å². The van der Waals surface area contributed by atoms with E-state index in [9.17, 15) is 0 Å². The standard InChI is InChI=1S/C45H35BN2O/c1-45(2)38-25-15-16-26-40(38)46-41-28-27-36(47(32-17-7-3-8-18-32)33-19-9-4-10-20-33)30-42(41)49-43-31-37(29-39(45)44(43)46)48(34-21-11-5-12-22-34)35-23-13-6-14-24-35/h3-31H,1-2H3. The van der Waals surface area contributed by atoms with Gasteiger partial charge in [0.1, 0.15) is 11.5 Å². The molecule has 7 aromatic rings. The first-order valence-electron chi connectivity index (χ1n) is 17.0. The molecule has 2 heterocycles. The van der Waals surface area contributed by atoms with Gasteiger partial charge in [-0.1, -0.05) is 122 Å². The van der Waals surface area contributed by atoms with Crippen molar-refractivity contribution in [3.05, 3.63) is 187 Å². The third kappa shape index (κ3) is 4.83. The average Bonchev–Trinajstić information content (AvgIpc) is 3.15. The van der Waals surface area contributed by atoms with Crippen molar-refractivity contribution in [2.24, 2.45) is 0 Å². The Kier molecular flexibility index (Phi) is 6.91. The molecule has 4 heteroatoms. The van der Waals surface area contributed by atoms with Crippen molar-refractivity contribution in [2.75, 3.05) is 9.80 Å². The number of hydrogen-bond acceptors (Lipinski definition) is 3. The first-order valence-corrected chi connectivity index (χ1v) is 17.0. The summed E-state index contributed by atoms with van der Waals surface area (Å²) in [4.78, 5) is 4.63. The summed E-state index contributed by atoms with van der Waals surface area (Å²) in [5, 5.41) is 0. The van der Waals surface area contributed by atoms with Gasteiger partial charge in [-0.15, -0.1) is 0 Å². The van der Waals surface area contributed by atoms with Crippen LogP contribution in [0.4, 0.5) is 34.1 Å². The van der Waals surface area contributed by atoms with Crippen LogP contribution in [0.15, 0.2) is 176 Å². The topological polar surface area (TPSA) is 15.7 Å². The zero-order valence-electron chi connectivity index (χ0n) is 27.6. The molecule has 0 unspecified atom stereocenters. The third-order valence-electron chi connectivity index (χ3n) is 10.1. The highest BCUT2D eigenvalue weighted by atomic mass is 16.5. The monoisotopic (exact) mass is 630 g/mol. The SMILES string of the molecule is CC1(C)c2ccccc2B2c3ccc(N(c4ccccc4)c4ccccc4)cc3Oc3cc(N(c4ccccc4)c4ccccc4)cc1c32. The van der Waals surface area contributed by atoms with Crippen LogP contribution in [0.2, 0.25) is 0 Å².